The van der Waals surface area contributed by atoms with Crippen molar-refractivity contribution < 1.29 is 17.9 Å². The average molecular weight is 402 g/mol. The number of aromatic nitrogens is 1. The first-order valence-corrected chi connectivity index (χ1v) is 9.51. The molecular weight excluding hydrogens is 377 g/mol. The zero-order chi connectivity index (χ0) is 20.7. The molecule has 0 aliphatic rings. The number of ether oxygens (including phenoxy) is 1. The number of hydrogen-bond acceptors (Lipinski definition) is 2. The van der Waals surface area contributed by atoms with Gasteiger partial charge in [0.15, 0.2) is 0 Å². The van der Waals surface area contributed by atoms with E-state index < -0.39 is 11.7 Å². The maximum Gasteiger partial charge on any atom is 0.416 e. The third-order valence-corrected chi connectivity index (χ3v) is 4.78. The van der Waals surface area contributed by atoms with E-state index in [2.05, 4.69) is 17.0 Å². The van der Waals surface area contributed by atoms with E-state index in [0.29, 0.717) is 25.3 Å². The van der Waals surface area contributed by atoms with Gasteiger partial charge in [0, 0.05) is 45.2 Å². The Labute approximate surface area is 169 Å². The molecule has 0 N–H and O–H groups in total. The monoisotopic (exact) mass is 402 g/mol. The number of nitrogens with zero attached hydrogens (tertiary/aromatic N) is 2. The van der Waals surface area contributed by atoms with Crippen molar-refractivity contribution in [3.63, 3.8) is 0 Å². The van der Waals surface area contributed by atoms with E-state index in [-0.39, 0.29) is 0 Å². The number of halogens is 3. The normalized spacial score (nSPS) is 11.9. The standard InChI is InChI=1S/C23H25F3N2O/c1-29-14-13-27(16-19-7-3-2-4-8-19)18-22-11-6-12-28(22)17-20-9-5-10-21(15-20)23(24,25)26/h2-12,15H,13-14,16-18H2,1H3. The van der Waals surface area contributed by atoms with Crippen LogP contribution in [0.3, 0.4) is 0 Å². The van der Waals surface area contributed by atoms with Gasteiger partial charge in [-0.15, -0.1) is 0 Å². The molecule has 0 amide bonds. The minimum Gasteiger partial charge on any atom is -0.383 e. The van der Waals surface area contributed by atoms with E-state index in [9.17, 15) is 13.2 Å². The van der Waals surface area contributed by atoms with Crippen molar-refractivity contribution in [3.05, 3.63) is 95.3 Å². The van der Waals surface area contributed by atoms with Gasteiger partial charge in [-0.05, 0) is 35.4 Å². The first-order chi connectivity index (χ1) is 14.0. The largest absolute Gasteiger partial charge is 0.416 e. The van der Waals surface area contributed by atoms with Gasteiger partial charge < -0.3 is 9.30 Å². The Hall–Kier alpha value is -2.57. The summed E-state index contributed by atoms with van der Waals surface area (Å²) in [6, 6.07) is 19.6. The van der Waals surface area contributed by atoms with Gasteiger partial charge in [-0.3, -0.25) is 4.90 Å². The molecule has 154 valence electrons. The van der Waals surface area contributed by atoms with Gasteiger partial charge in [0.05, 0.1) is 12.2 Å². The number of rotatable bonds is 9. The van der Waals surface area contributed by atoms with Crippen LogP contribution in [0.2, 0.25) is 0 Å². The van der Waals surface area contributed by atoms with Gasteiger partial charge >= 0.3 is 6.18 Å². The molecule has 29 heavy (non-hydrogen) atoms. The lowest BCUT2D eigenvalue weighted by Gasteiger charge is -2.23. The molecule has 0 spiro atoms. The van der Waals surface area contributed by atoms with E-state index in [1.54, 1.807) is 13.2 Å². The average Bonchev–Trinajstić information content (AvgIpc) is 3.13. The second-order valence-corrected chi connectivity index (χ2v) is 7.01. The smallest absolute Gasteiger partial charge is 0.383 e. The quantitative estimate of drug-likeness (QED) is 0.489. The minimum atomic E-state index is -4.33. The van der Waals surface area contributed by atoms with Crippen LogP contribution in [0, 0.1) is 0 Å². The molecule has 3 rings (SSSR count). The SMILES string of the molecule is COCCN(Cc1ccccc1)Cc1cccn1Cc1cccc(C(F)(F)F)c1. The molecule has 0 atom stereocenters. The van der Waals surface area contributed by atoms with Crippen molar-refractivity contribution in [1.82, 2.24) is 9.47 Å². The van der Waals surface area contributed by atoms with Crippen LogP contribution in [0.5, 0.6) is 0 Å². The second kappa shape index (κ2) is 9.76. The summed E-state index contributed by atoms with van der Waals surface area (Å²) in [5.41, 5.74) is 2.27. The van der Waals surface area contributed by atoms with Crippen molar-refractivity contribution in [2.75, 3.05) is 20.3 Å². The van der Waals surface area contributed by atoms with Crippen LogP contribution >= 0.6 is 0 Å². The van der Waals surface area contributed by atoms with E-state index in [1.807, 2.05) is 41.1 Å². The first-order valence-electron chi connectivity index (χ1n) is 9.51. The summed E-state index contributed by atoms with van der Waals surface area (Å²) >= 11 is 0. The molecule has 3 aromatic rings. The lowest BCUT2D eigenvalue weighted by Crippen LogP contribution is -2.27. The molecule has 0 aliphatic carbocycles. The summed E-state index contributed by atoms with van der Waals surface area (Å²) in [6.07, 6.45) is -2.42. The lowest BCUT2D eigenvalue weighted by molar-refractivity contribution is -0.137. The highest BCUT2D eigenvalue weighted by atomic mass is 19.4. The van der Waals surface area contributed by atoms with Crippen LogP contribution in [0.25, 0.3) is 0 Å². The topological polar surface area (TPSA) is 17.4 Å². The molecule has 3 nitrogen and oxygen atoms in total. The molecule has 0 radical (unpaired) electrons. The first kappa shape index (κ1) is 21.1. The van der Waals surface area contributed by atoms with Gasteiger partial charge in [-0.1, -0.05) is 42.5 Å². The van der Waals surface area contributed by atoms with Crippen LogP contribution < -0.4 is 0 Å². The van der Waals surface area contributed by atoms with Crippen LogP contribution in [0.4, 0.5) is 13.2 Å². The van der Waals surface area contributed by atoms with E-state index in [1.165, 1.54) is 17.7 Å². The van der Waals surface area contributed by atoms with E-state index in [0.717, 1.165) is 24.8 Å². The highest BCUT2D eigenvalue weighted by molar-refractivity contribution is 5.26. The molecule has 6 heteroatoms. The molecule has 0 bridgehead atoms. The molecule has 2 aromatic carbocycles. The molecule has 1 aromatic heterocycles. The molecular formula is C23H25F3N2O. The molecule has 0 fully saturated rings. The second-order valence-electron chi connectivity index (χ2n) is 7.01. The fraction of sp³-hybridized carbons (Fsp3) is 0.304. The zero-order valence-corrected chi connectivity index (χ0v) is 16.4. The summed E-state index contributed by atoms with van der Waals surface area (Å²) < 4.78 is 46.2. The Morgan fingerprint density at radius 2 is 1.66 bits per heavy atom. The van der Waals surface area contributed by atoms with Crippen LogP contribution in [0.1, 0.15) is 22.4 Å². The Morgan fingerprint density at radius 3 is 2.38 bits per heavy atom. The fourth-order valence-electron chi connectivity index (χ4n) is 3.30. The van der Waals surface area contributed by atoms with Crippen molar-refractivity contribution in [1.29, 1.82) is 0 Å². The van der Waals surface area contributed by atoms with Crippen molar-refractivity contribution in [2.24, 2.45) is 0 Å². The Bertz CT molecular complexity index is 890. The fourth-order valence-corrected chi connectivity index (χ4v) is 3.30. The van der Waals surface area contributed by atoms with Crippen molar-refractivity contribution in [3.8, 4) is 0 Å². The maximum absolute atomic E-state index is 13.0. The molecule has 0 unspecified atom stereocenters. The van der Waals surface area contributed by atoms with Crippen molar-refractivity contribution >= 4 is 0 Å². The molecule has 1 heterocycles. The third kappa shape index (κ3) is 6.21. The molecule has 0 saturated carbocycles. The zero-order valence-electron chi connectivity index (χ0n) is 16.4. The van der Waals surface area contributed by atoms with Gasteiger partial charge in [0.1, 0.15) is 0 Å². The van der Waals surface area contributed by atoms with Crippen LogP contribution in [-0.2, 0) is 30.5 Å². The lowest BCUT2D eigenvalue weighted by atomic mass is 10.1. The Morgan fingerprint density at radius 1 is 0.897 bits per heavy atom. The number of hydrogen-bond donors (Lipinski definition) is 0. The summed E-state index contributed by atoms with van der Waals surface area (Å²) in [5.74, 6) is 0. The van der Waals surface area contributed by atoms with E-state index >= 15 is 0 Å². The minimum absolute atomic E-state index is 0.399. The molecule has 0 saturated heterocycles. The number of alkyl halides is 3. The van der Waals surface area contributed by atoms with Gasteiger partial charge in [-0.25, -0.2) is 0 Å². The summed E-state index contributed by atoms with van der Waals surface area (Å²) in [4.78, 5) is 2.27. The highest BCUT2D eigenvalue weighted by Gasteiger charge is 2.30. The Balaban J connectivity index is 1.74. The summed E-state index contributed by atoms with van der Waals surface area (Å²) in [7, 11) is 1.68. The predicted molar refractivity (Wildman–Crippen MR) is 107 cm³/mol. The van der Waals surface area contributed by atoms with Crippen LogP contribution in [-0.4, -0.2) is 29.7 Å². The van der Waals surface area contributed by atoms with Gasteiger partial charge in [-0.2, -0.15) is 13.2 Å². The summed E-state index contributed by atoms with van der Waals surface area (Å²) in [5, 5.41) is 0. The molecule has 0 aliphatic heterocycles. The summed E-state index contributed by atoms with van der Waals surface area (Å²) in [6.45, 7) is 3.24. The third-order valence-electron chi connectivity index (χ3n) is 4.78. The number of methoxy groups -OCH3 is 1. The van der Waals surface area contributed by atoms with Gasteiger partial charge in [0.25, 0.3) is 0 Å². The highest BCUT2D eigenvalue weighted by Crippen LogP contribution is 2.29. The van der Waals surface area contributed by atoms with Crippen LogP contribution in [0.15, 0.2) is 72.9 Å². The van der Waals surface area contributed by atoms with Crippen molar-refractivity contribution in [2.45, 2.75) is 25.8 Å². The van der Waals surface area contributed by atoms with Gasteiger partial charge in [0.2, 0.25) is 0 Å². The Kier molecular flexibility index (Phi) is 7.12. The maximum atomic E-state index is 13.0. The van der Waals surface area contributed by atoms with E-state index in [4.69, 9.17) is 4.74 Å². The predicted octanol–water partition coefficient (Wildman–Crippen LogP) is 5.20. The number of benzene rings is 2.